The van der Waals surface area contributed by atoms with E-state index in [2.05, 4.69) is 5.32 Å². The number of methoxy groups -OCH3 is 1. The Balaban J connectivity index is 1.94. The van der Waals surface area contributed by atoms with Crippen LogP contribution < -0.4 is 14.8 Å². The van der Waals surface area contributed by atoms with Crippen molar-refractivity contribution in [3.05, 3.63) is 95.1 Å². The number of ether oxygens (including phenoxy) is 2. The summed E-state index contributed by atoms with van der Waals surface area (Å²) in [7, 11) is 1.24. The number of anilines is 1. The molecule has 0 unspecified atom stereocenters. The van der Waals surface area contributed by atoms with Crippen molar-refractivity contribution in [3.63, 3.8) is 0 Å². The molecule has 0 heterocycles. The van der Waals surface area contributed by atoms with E-state index in [4.69, 9.17) is 9.47 Å². The van der Waals surface area contributed by atoms with E-state index >= 15 is 0 Å². The maximum absolute atomic E-state index is 13.0. The van der Waals surface area contributed by atoms with Crippen molar-refractivity contribution < 1.29 is 37.3 Å². The molecule has 0 aliphatic carbocycles. The molecule has 11 nitrogen and oxygen atoms in total. The zero-order chi connectivity index (χ0) is 28.9. The Hall–Kier alpha value is -4.72. The Bertz CT molecular complexity index is 1550. The quantitative estimate of drug-likeness (QED) is 0.0952. The number of nitrogens with one attached hydrogen (secondary N) is 1. The highest BCUT2D eigenvalue weighted by Crippen LogP contribution is 2.42. The van der Waals surface area contributed by atoms with E-state index in [1.807, 2.05) is 0 Å². The predicted molar refractivity (Wildman–Crippen MR) is 139 cm³/mol. The molecule has 1 N–H and O–H groups in total. The first-order valence-corrected chi connectivity index (χ1v) is 11.5. The van der Waals surface area contributed by atoms with Crippen molar-refractivity contribution in [2.24, 2.45) is 0 Å². The third kappa shape index (κ3) is 6.98. The number of nitrogens with zero attached hydrogens (tertiary/aromatic N) is 3. The summed E-state index contributed by atoms with van der Waals surface area (Å²) in [6.45, 7) is 0. The van der Waals surface area contributed by atoms with Crippen molar-refractivity contribution in [1.82, 2.24) is 0 Å². The van der Waals surface area contributed by atoms with Crippen molar-refractivity contribution in [2.75, 3.05) is 12.4 Å². The lowest BCUT2D eigenvalue weighted by Gasteiger charge is -2.14. The minimum Gasteiger partial charge on any atom is -0.493 e. The molecule has 3 aromatic rings. The van der Waals surface area contributed by atoms with E-state index < -0.39 is 38.9 Å². The molecule has 0 saturated carbocycles. The second kappa shape index (κ2) is 11.8. The Morgan fingerprint density at radius 1 is 1.08 bits per heavy atom. The van der Waals surface area contributed by atoms with Gasteiger partial charge in [-0.25, -0.2) is 0 Å². The zero-order valence-corrected chi connectivity index (χ0v) is 21.6. The number of nitro benzene ring substituents is 2. The number of nitro groups is 2. The number of alkyl halides is 3. The molecule has 0 saturated heterocycles. The fourth-order valence-electron chi connectivity index (χ4n) is 3.17. The minimum atomic E-state index is -4.80. The molecule has 0 aromatic heterocycles. The molecule has 0 aliphatic heterocycles. The minimum absolute atomic E-state index is 0.00118. The van der Waals surface area contributed by atoms with Crippen LogP contribution in [0.1, 0.15) is 11.1 Å². The first kappa shape index (κ1) is 28.8. The number of carbonyl (C=O) groups excluding carboxylic acids is 1. The average molecular weight is 654 g/mol. The van der Waals surface area contributed by atoms with Crippen molar-refractivity contribution in [3.8, 4) is 23.3 Å². The van der Waals surface area contributed by atoms with Gasteiger partial charge in [0.25, 0.3) is 11.6 Å². The third-order valence-electron chi connectivity index (χ3n) is 4.94. The molecular weight excluding hydrogens is 640 g/mol. The average Bonchev–Trinajstić information content (AvgIpc) is 2.87. The summed E-state index contributed by atoms with van der Waals surface area (Å²) in [5.74, 6) is -1.38. The van der Waals surface area contributed by atoms with Gasteiger partial charge in [0, 0.05) is 23.9 Å². The van der Waals surface area contributed by atoms with Gasteiger partial charge in [0.05, 0.1) is 26.1 Å². The molecule has 200 valence electrons. The maximum Gasteiger partial charge on any atom is 0.416 e. The van der Waals surface area contributed by atoms with Gasteiger partial charge in [-0.2, -0.15) is 18.4 Å². The molecule has 0 atom stereocenters. The topological polar surface area (TPSA) is 158 Å². The van der Waals surface area contributed by atoms with Gasteiger partial charge >= 0.3 is 11.9 Å². The smallest absolute Gasteiger partial charge is 0.416 e. The van der Waals surface area contributed by atoms with Gasteiger partial charge in [0.15, 0.2) is 11.5 Å². The fraction of sp³-hybridized carbons (Fsp3) is 0.0833. The second-order valence-corrected chi connectivity index (χ2v) is 8.67. The van der Waals surface area contributed by atoms with E-state index in [9.17, 15) is 43.5 Å². The van der Waals surface area contributed by atoms with Gasteiger partial charge < -0.3 is 14.8 Å². The lowest BCUT2D eigenvalue weighted by molar-refractivity contribution is -0.385. The van der Waals surface area contributed by atoms with Crippen LogP contribution in [0.4, 0.5) is 30.2 Å². The Kier molecular flexibility index (Phi) is 8.71. The standard InChI is InChI=1S/C24H14F3IN4O7/c1-38-21-9-13(7-14(12-29)23(33)30-16-3-2-4-17(11-16)31(34)35)8-18(28)22(21)39-20-6-5-15(24(25,26)27)10-19(20)32(36)37/h2-11H,1H3,(H,30,33)/b14-7+. The summed E-state index contributed by atoms with van der Waals surface area (Å²) in [6, 6.07) is 11.4. The van der Waals surface area contributed by atoms with Crippen LogP contribution in [0.3, 0.4) is 0 Å². The summed E-state index contributed by atoms with van der Waals surface area (Å²) >= 11 is 1.78. The van der Waals surface area contributed by atoms with Gasteiger partial charge in [-0.05, 0) is 64.6 Å². The van der Waals surface area contributed by atoms with Gasteiger partial charge in [-0.3, -0.25) is 25.0 Å². The third-order valence-corrected chi connectivity index (χ3v) is 5.74. The van der Waals surface area contributed by atoms with E-state index in [0.29, 0.717) is 12.1 Å². The molecule has 0 bridgehead atoms. The van der Waals surface area contributed by atoms with Crippen LogP contribution in [0.2, 0.25) is 0 Å². The van der Waals surface area contributed by atoms with Crippen molar-refractivity contribution >= 4 is 51.6 Å². The first-order chi connectivity index (χ1) is 18.3. The van der Waals surface area contributed by atoms with E-state index in [1.54, 1.807) is 28.7 Å². The van der Waals surface area contributed by atoms with E-state index in [1.165, 1.54) is 43.5 Å². The predicted octanol–water partition coefficient (Wildman–Crippen LogP) is 6.47. The molecule has 0 aliphatic rings. The monoisotopic (exact) mass is 654 g/mol. The number of benzene rings is 3. The van der Waals surface area contributed by atoms with Crippen LogP contribution in [-0.4, -0.2) is 22.9 Å². The second-order valence-electron chi connectivity index (χ2n) is 7.50. The molecule has 0 spiro atoms. The number of nitriles is 1. The molecular formula is C24H14F3IN4O7. The summed E-state index contributed by atoms with van der Waals surface area (Å²) in [5, 5.41) is 34.2. The maximum atomic E-state index is 13.0. The lowest BCUT2D eigenvalue weighted by Crippen LogP contribution is -2.13. The Labute approximate surface area is 230 Å². The van der Waals surface area contributed by atoms with Crippen LogP contribution in [0, 0.1) is 35.1 Å². The summed E-state index contributed by atoms with van der Waals surface area (Å²) in [4.78, 5) is 33.3. The number of rotatable bonds is 8. The zero-order valence-electron chi connectivity index (χ0n) is 19.5. The number of halogens is 4. The number of carbonyl (C=O) groups is 1. The molecule has 15 heteroatoms. The van der Waals surface area contributed by atoms with Gasteiger partial charge in [-0.15, -0.1) is 0 Å². The normalized spacial score (nSPS) is 11.3. The molecule has 1 amide bonds. The molecule has 3 rings (SSSR count). The van der Waals surface area contributed by atoms with E-state index in [0.717, 1.165) is 12.1 Å². The fourth-order valence-corrected chi connectivity index (χ4v) is 3.90. The van der Waals surface area contributed by atoms with Crippen LogP contribution in [0.25, 0.3) is 6.08 Å². The van der Waals surface area contributed by atoms with Crippen LogP contribution in [0.5, 0.6) is 17.2 Å². The van der Waals surface area contributed by atoms with E-state index in [-0.39, 0.29) is 37.6 Å². The highest BCUT2D eigenvalue weighted by molar-refractivity contribution is 14.1. The molecule has 0 fully saturated rings. The number of amides is 1. The van der Waals surface area contributed by atoms with Crippen LogP contribution >= 0.6 is 22.6 Å². The van der Waals surface area contributed by atoms with Gasteiger partial charge in [0.2, 0.25) is 5.75 Å². The van der Waals surface area contributed by atoms with Gasteiger partial charge in [0.1, 0.15) is 11.6 Å². The number of non-ortho nitro benzene ring substituents is 1. The first-order valence-electron chi connectivity index (χ1n) is 10.4. The number of hydrogen-bond donors (Lipinski definition) is 1. The highest BCUT2D eigenvalue weighted by Gasteiger charge is 2.33. The Morgan fingerprint density at radius 3 is 2.38 bits per heavy atom. The molecule has 39 heavy (non-hydrogen) atoms. The summed E-state index contributed by atoms with van der Waals surface area (Å²) in [6.07, 6.45) is -3.61. The van der Waals surface area contributed by atoms with Crippen molar-refractivity contribution in [1.29, 1.82) is 5.26 Å². The highest BCUT2D eigenvalue weighted by atomic mass is 127. The summed E-state index contributed by atoms with van der Waals surface area (Å²) in [5.41, 5.74) is -2.42. The largest absolute Gasteiger partial charge is 0.493 e. The molecule has 3 aromatic carbocycles. The van der Waals surface area contributed by atoms with Gasteiger partial charge in [-0.1, -0.05) is 6.07 Å². The molecule has 0 radical (unpaired) electrons. The lowest BCUT2D eigenvalue weighted by atomic mass is 10.1. The summed E-state index contributed by atoms with van der Waals surface area (Å²) < 4.78 is 50.2. The Morgan fingerprint density at radius 2 is 1.79 bits per heavy atom. The SMILES string of the molecule is COc1cc(/C=C(\C#N)C(=O)Nc2cccc([N+](=O)[O-])c2)cc(I)c1Oc1ccc(C(F)(F)F)cc1[N+](=O)[O-]. The number of hydrogen-bond acceptors (Lipinski definition) is 8. The van der Waals surface area contributed by atoms with Crippen LogP contribution in [-0.2, 0) is 11.0 Å². The van der Waals surface area contributed by atoms with Crippen LogP contribution in [0.15, 0.2) is 60.2 Å². The van der Waals surface area contributed by atoms with Crippen molar-refractivity contribution in [2.45, 2.75) is 6.18 Å².